The van der Waals surface area contributed by atoms with Gasteiger partial charge in [0.25, 0.3) is 11.5 Å². The molecule has 0 aliphatic carbocycles. The summed E-state index contributed by atoms with van der Waals surface area (Å²) < 4.78 is 14.6. The van der Waals surface area contributed by atoms with Crippen LogP contribution in [0.4, 0.5) is 10.1 Å². The highest BCUT2D eigenvalue weighted by atomic mass is 35.5. The number of rotatable bonds is 4. The smallest absolute Gasteiger partial charge is 0.320 e. The van der Waals surface area contributed by atoms with E-state index in [1.807, 2.05) is 0 Å². The van der Waals surface area contributed by atoms with Gasteiger partial charge in [0, 0.05) is 16.8 Å². The van der Waals surface area contributed by atoms with E-state index in [1.54, 1.807) is 6.07 Å². The topological polar surface area (TPSA) is 84.0 Å². The molecule has 0 fully saturated rings. The third-order valence-corrected chi connectivity index (χ3v) is 4.32. The number of benzene rings is 2. The van der Waals surface area contributed by atoms with Crippen molar-refractivity contribution >= 4 is 34.8 Å². The van der Waals surface area contributed by atoms with E-state index in [1.165, 1.54) is 36.4 Å². The van der Waals surface area contributed by atoms with E-state index in [0.29, 0.717) is 5.02 Å². The lowest BCUT2D eigenvalue weighted by Crippen LogP contribution is -2.39. The number of halogens is 3. The molecule has 0 saturated heterocycles. The number of nitrogens with one attached hydrogen (secondary N) is 2. The minimum absolute atomic E-state index is 0.142. The molecular formula is C18H12Cl2FN3O3. The summed E-state index contributed by atoms with van der Waals surface area (Å²) in [6.45, 7) is -0.316. The standard InChI is InChI=1S/C18H12Cl2FN3O3/c19-11-5-6-15(13(20)7-11)23-16(25)12-8-22-18(27)24(17(12)26)9-10-3-1-2-4-14(10)21/h1-8H,9H2,(H,22,27)(H,23,25). The molecule has 9 heteroatoms. The van der Waals surface area contributed by atoms with E-state index in [9.17, 15) is 18.8 Å². The SMILES string of the molecule is O=C(Nc1ccc(Cl)cc1Cl)c1c[nH]c(=O)n(Cc2ccccc2F)c1=O. The van der Waals surface area contributed by atoms with E-state index in [-0.39, 0.29) is 28.4 Å². The van der Waals surface area contributed by atoms with Crippen molar-refractivity contribution in [2.45, 2.75) is 6.54 Å². The first-order chi connectivity index (χ1) is 12.9. The van der Waals surface area contributed by atoms with Gasteiger partial charge in [-0.2, -0.15) is 0 Å². The van der Waals surface area contributed by atoms with Crippen molar-refractivity contribution < 1.29 is 9.18 Å². The molecule has 0 unspecified atom stereocenters. The van der Waals surface area contributed by atoms with E-state index < -0.39 is 23.0 Å². The van der Waals surface area contributed by atoms with Crippen molar-refractivity contribution in [2.75, 3.05) is 5.32 Å². The predicted molar refractivity (Wildman–Crippen MR) is 101 cm³/mol. The van der Waals surface area contributed by atoms with Gasteiger partial charge >= 0.3 is 5.69 Å². The first-order valence-corrected chi connectivity index (χ1v) is 8.44. The fourth-order valence-electron chi connectivity index (χ4n) is 2.39. The Bertz CT molecular complexity index is 1140. The molecule has 1 heterocycles. The van der Waals surface area contributed by atoms with E-state index in [4.69, 9.17) is 23.2 Å². The average Bonchev–Trinajstić information content (AvgIpc) is 2.62. The number of aromatic nitrogens is 2. The second-order valence-electron chi connectivity index (χ2n) is 5.57. The van der Waals surface area contributed by atoms with Crippen molar-refractivity contribution in [1.82, 2.24) is 9.55 Å². The highest BCUT2D eigenvalue weighted by Gasteiger charge is 2.17. The van der Waals surface area contributed by atoms with Gasteiger partial charge < -0.3 is 10.3 Å². The van der Waals surface area contributed by atoms with Gasteiger partial charge in [0.2, 0.25) is 0 Å². The highest BCUT2D eigenvalue weighted by Crippen LogP contribution is 2.25. The summed E-state index contributed by atoms with van der Waals surface area (Å²) in [7, 11) is 0. The minimum atomic E-state index is -0.857. The maximum absolute atomic E-state index is 13.8. The van der Waals surface area contributed by atoms with Crippen molar-refractivity contribution in [3.8, 4) is 0 Å². The Morgan fingerprint density at radius 1 is 1.15 bits per heavy atom. The van der Waals surface area contributed by atoms with Crippen molar-refractivity contribution in [3.63, 3.8) is 0 Å². The third-order valence-electron chi connectivity index (χ3n) is 3.77. The average molecular weight is 408 g/mol. The minimum Gasteiger partial charge on any atom is -0.320 e. The predicted octanol–water partition coefficient (Wildman–Crippen LogP) is 3.28. The Hall–Kier alpha value is -2.90. The van der Waals surface area contributed by atoms with Gasteiger partial charge in [-0.15, -0.1) is 0 Å². The fourth-order valence-corrected chi connectivity index (χ4v) is 2.85. The quantitative estimate of drug-likeness (QED) is 0.695. The second-order valence-corrected chi connectivity index (χ2v) is 6.41. The molecule has 27 heavy (non-hydrogen) atoms. The molecule has 0 aliphatic heterocycles. The number of hydrogen-bond acceptors (Lipinski definition) is 3. The number of H-pyrrole nitrogens is 1. The number of aromatic amines is 1. The molecular weight excluding hydrogens is 396 g/mol. The molecule has 3 rings (SSSR count). The van der Waals surface area contributed by atoms with Crippen LogP contribution in [0.3, 0.4) is 0 Å². The molecule has 1 amide bonds. The number of carbonyl (C=O) groups is 1. The lowest BCUT2D eigenvalue weighted by Gasteiger charge is -2.10. The van der Waals surface area contributed by atoms with Crippen LogP contribution in [-0.2, 0) is 6.54 Å². The third kappa shape index (κ3) is 4.10. The Kier molecular flexibility index (Phi) is 5.43. The van der Waals surface area contributed by atoms with Crippen LogP contribution in [-0.4, -0.2) is 15.5 Å². The van der Waals surface area contributed by atoms with E-state index in [2.05, 4.69) is 10.3 Å². The summed E-state index contributed by atoms with van der Waals surface area (Å²) >= 11 is 11.8. The van der Waals surface area contributed by atoms with Crippen LogP contribution in [0.15, 0.2) is 58.3 Å². The number of carbonyl (C=O) groups excluding carboxylic acids is 1. The zero-order valence-corrected chi connectivity index (χ0v) is 15.1. The second kappa shape index (κ2) is 7.77. The maximum Gasteiger partial charge on any atom is 0.328 e. The van der Waals surface area contributed by atoms with Gasteiger partial charge in [-0.05, 0) is 24.3 Å². The van der Waals surface area contributed by atoms with Gasteiger partial charge in [0.1, 0.15) is 11.4 Å². The van der Waals surface area contributed by atoms with Crippen molar-refractivity contribution in [2.24, 2.45) is 0 Å². The zero-order chi connectivity index (χ0) is 19.6. The molecule has 0 bridgehead atoms. The molecule has 0 atom stereocenters. The van der Waals surface area contributed by atoms with E-state index in [0.717, 1.165) is 10.8 Å². The molecule has 1 aromatic heterocycles. The van der Waals surface area contributed by atoms with Crippen LogP contribution < -0.4 is 16.6 Å². The first-order valence-electron chi connectivity index (χ1n) is 7.69. The Labute approximate surface area is 162 Å². The van der Waals surface area contributed by atoms with Gasteiger partial charge in [-0.25, -0.2) is 9.18 Å². The summed E-state index contributed by atoms with van der Waals surface area (Å²) in [5.41, 5.74) is -1.55. The molecule has 3 aromatic rings. The lowest BCUT2D eigenvalue weighted by atomic mass is 10.2. The number of hydrogen-bond donors (Lipinski definition) is 2. The Balaban J connectivity index is 1.95. The Morgan fingerprint density at radius 3 is 2.59 bits per heavy atom. The molecule has 138 valence electrons. The van der Waals surface area contributed by atoms with Gasteiger partial charge in [0.05, 0.1) is 17.3 Å². The maximum atomic E-state index is 13.8. The lowest BCUT2D eigenvalue weighted by molar-refractivity contribution is 0.102. The van der Waals surface area contributed by atoms with Gasteiger partial charge in [0.15, 0.2) is 0 Å². The summed E-state index contributed by atoms with van der Waals surface area (Å²) in [6, 6.07) is 10.2. The van der Waals surface area contributed by atoms with Crippen LogP contribution in [0.2, 0.25) is 10.0 Å². The summed E-state index contributed by atoms with van der Waals surface area (Å²) in [6.07, 6.45) is 1.00. The van der Waals surface area contributed by atoms with Gasteiger partial charge in [-0.1, -0.05) is 41.4 Å². The summed E-state index contributed by atoms with van der Waals surface area (Å²) in [4.78, 5) is 39.3. The Morgan fingerprint density at radius 2 is 1.89 bits per heavy atom. The molecule has 0 radical (unpaired) electrons. The first kappa shape index (κ1) is 18.9. The van der Waals surface area contributed by atoms with Crippen LogP contribution >= 0.6 is 23.2 Å². The molecule has 2 aromatic carbocycles. The molecule has 2 N–H and O–H groups in total. The largest absolute Gasteiger partial charge is 0.328 e. The molecule has 0 saturated carbocycles. The highest BCUT2D eigenvalue weighted by molar-refractivity contribution is 6.36. The van der Waals surface area contributed by atoms with Crippen LogP contribution in [0.1, 0.15) is 15.9 Å². The van der Waals surface area contributed by atoms with Gasteiger partial charge in [-0.3, -0.25) is 14.2 Å². The number of amides is 1. The molecule has 0 spiro atoms. The van der Waals surface area contributed by atoms with Crippen LogP contribution in [0.25, 0.3) is 0 Å². The number of nitrogens with zero attached hydrogens (tertiary/aromatic N) is 1. The fraction of sp³-hybridized carbons (Fsp3) is 0.0556. The summed E-state index contributed by atoms with van der Waals surface area (Å²) in [5, 5.41) is 3.05. The monoisotopic (exact) mass is 407 g/mol. The van der Waals surface area contributed by atoms with Crippen molar-refractivity contribution in [3.05, 3.63) is 96.5 Å². The molecule has 6 nitrogen and oxygen atoms in total. The normalized spacial score (nSPS) is 10.6. The summed E-state index contributed by atoms with van der Waals surface area (Å²) in [5.74, 6) is -1.34. The van der Waals surface area contributed by atoms with Crippen LogP contribution in [0.5, 0.6) is 0 Å². The molecule has 0 aliphatic rings. The van der Waals surface area contributed by atoms with E-state index >= 15 is 0 Å². The van der Waals surface area contributed by atoms with Crippen LogP contribution in [0, 0.1) is 5.82 Å². The zero-order valence-electron chi connectivity index (χ0n) is 13.6. The van der Waals surface area contributed by atoms with Crippen molar-refractivity contribution in [1.29, 1.82) is 0 Å². The number of anilines is 1.